The molecule has 1 N–H and O–H groups in total. The molecule has 2 unspecified atom stereocenters. The number of rotatable bonds is 1. The molecule has 20 heavy (non-hydrogen) atoms. The number of esters is 1. The minimum absolute atomic E-state index is 0.237. The van der Waals surface area contributed by atoms with Crippen LogP contribution in [-0.2, 0) is 14.3 Å². The van der Waals surface area contributed by atoms with Gasteiger partial charge < -0.3 is 10.1 Å². The van der Waals surface area contributed by atoms with Crippen molar-refractivity contribution in [2.75, 3.05) is 0 Å². The van der Waals surface area contributed by atoms with Gasteiger partial charge in [-0.05, 0) is 26.0 Å². The molecule has 104 valence electrons. The van der Waals surface area contributed by atoms with Crippen LogP contribution in [0.4, 0.5) is 5.69 Å². The molecule has 1 aromatic rings. The van der Waals surface area contributed by atoms with Gasteiger partial charge in [-0.3, -0.25) is 4.79 Å². The highest BCUT2D eigenvalue weighted by atomic mass is 32.2. The van der Waals surface area contributed by atoms with Crippen molar-refractivity contribution in [2.24, 2.45) is 4.99 Å². The normalized spacial score (nSPS) is 30.9. The Morgan fingerprint density at radius 2 is 2.05 bits per heavy atom. The van der Waals surface area contributed by atoms with Crippen molar-refractivity contribution in [1.82, 2.24) is 5.32 Å². The first-order valence-electron chi connectivity index (χ1n) is 6.36. The van der Waals surface area contributed by atoms with Gasteiger partial charge in [0, 0.05) is 6.42 Å². The Kier molecular flexibility index (Phi) is 3.05. The van der Waals surface area contributed by atoms with Crippen molar-refractivity contribution in [2.45, 2.75) is 31.1 Å². The van der Waals surface area contributed by atoms with Crippen LogP contribution in [0.1, 0.15) is 18.9 Å². The molecule has 0 aliphatic carbocycles. The number of hydrogen-bond donors (Lipinski definition) is 1. The molecular formula is C14H14N2O3S. The predicted molar refractivity (Wildman–Crippen MR) is 76.9 cm³/mol. The number of nitrogens with zero attached hydrogens (tertiary/aromatic N) is 1. The zero-order valence-electron chi connectivity index (χ0n) is 11.2. The number of ether oxygens (including phenoxy) is 1. The van der Waals surface area contributed by atoms with E-state index in [1.165, 1.54) is 0 Å². The molecule has 2 heterocycles. The van der Waals surface area contributed by atoms with Crippen molar-refractivity contribution < 1.29 is 14.3 Å². The van der Waals surface area contributed by atoms with E-state index < -0.39 is 10.7 Å². The van der Waals surface area contributed by atoms with Gasteiger partial charge in [0.2, 0.25) is 4.75 Å². The van der Waals surface area contributed by atoms with Gasteiger partial charge in [-0.2, -0.15) is 0 Å². The molecular weight excluding hydrogens is 276 g/mol. The van der Waals surface area contributed by atoms with Crippen molar-refractivity contribution in [3.63, 3.8) is 0 Å². The topological polar surface area (TPSA) is 67.8 Å². The second-order valence-corrected chi connectivity index (χ2v) is 6.34. The van der Waals surface area contributed by atoms with Crippen LogP contribution in [0.3, 0.4) is 0 Å². The SMILES string of the molecule is Cc1ccc(N=C2NC(=O)C3(CC(C)OC3=O)S2)cc1. The summed E-state index contributed by atoms with van der Waals surface area (Å²) in [5, 5.41) is 3.12. The molecule has 2 saturated heterocycles. The Bertz CT molecular complexity index is 611. The first-order chi connectivity index (χ1) is 9.49. The molecule has 0 bridgehead atoms. The Labute approximate surface area is 120 Å². The highest BCUT2D eigenvalue weighted by Crippen LogP contribution is 2.42. The molecule has 2 fully saturated rings. The smallest absolute Gasteiger partial charge is 0.332 e. The summed E-state index contributed by atoms with van der Waals surface area (Å²) in [6.45, 7) is 3.78. The first-order valence-corrected chi connectivity index (χ1v) is 7.18. The van der Waals surface area contributed by atoms with Crippen molar-refractivity contribution in [3.05, 3.63) is 29.8 Å². The van der Waals surface area contributed by atoms with Gasteiger partial charge in [-0.25, -0.2) is 9.79 Å². The summed E-state index contributed by atoms with van der Waals surface area (Å²) in [6, 6.07) is 7.64. The van der Waals surface area contributed by atoms with Crippen molar-refractivity contribution in [3.8, 4) is 0 Å². The van der Waals surface area contributed by atoms with Gasteiger partial charge in [-0.15, -0.1) is 0 Å². The van der Waals surface area contributed by atoms with Gasteiger partial charge in [0.1, 0.15) is 6.10 Å². The summed E-state index contributed by atoms with van der Waals surface area (Å²) in [5.74, 6) is -0.802. The minimum Gasteiger partial charge on any atom is -0.461 e. The number of amidine groups is 1. The van der Waals surface area contributed by atoms with E-state index in [4.69, 9.17) is 4.74 Å². The van der Waals surface area contributed by atoms with E-state index in [1.807, 2.05) is 31.2 Å². The van der Waals surface area contributed by atoms with E-state index in [1.54, 1.807) is 6.92 Å². The van der Waals surface area contributed by atoms with Crippen LogP contribution in [0, 0.1) is 6.92 Å². The fourth-order valence-electron chi connectivity index (χ4n) is 2.30. The molecule has 2 atom stereocenters. The number of aliphatic imine (C=N–C) groups is 1. The van der Waals surface area contributed by atoms with Crippen molar-refractivity contribution >= 4 is 34.5 Å². The maximum Gasteiger partial charge on any atom is 0.332 e. The first kappa shape index (κ1) is 13.2. The molecule has 2 aliphatic heterocycles. The Hall–Kier alpha value is -1.82. The van der Waals surface area contributed by atoms with Gasteiger partial charge in [0.05, 0.1) is 5.69 Å². The third-order valence-corrected chi connectivity index (χ3v) is 4.59. The van der Waals surface area contributed by atoms with Crippen LogP contribution in [0.15, 0.2) is 29.3 Å². The van der Waals surface area contributed by atoms with Gasteiger partial charge in [0.25, 0.3) is 5.91 Å². The third-order valence-electron chi connectivity index (χ3n) is 3.34. The van der Waals surface area contributed by atoms with E-state index in [9.17, 15) is 9.59 Å². The Balaban J connectivity index is 1.87. The average Bonchev–Trinajstić information content (AvgIpc) is 2.84. The van der Waals surface area contributed by atoms with Crippen LogP contribution >= 0.6 is 11.8 Å². The molecule has 1 amide bonds. The van der Waals surface area contributed by atoms with Crippen LogP contribution in [0.5, 0.6) is 0 Å². The number of thioether (sulfide) groups is 1. The third kappa shape index (κ3) is 2.10. The molecule has 3 rings (SSSR count). The maximum absolute atomic E-state index is 12.1. The maximum atomic E-state index is 12.1. The number of nitrogens with one attached hydrogen (secondary N) is 1. The number of benzene rings is 1. The monoisotopic (exact) mass is 290 g/mol. The second kappa shape index (κ2) is 4.63. The Morgan fingerprint density at radius 3 is 2.65 bits per heavy atom. The summed E-state index contributed by atoms with van der Waals surface area (Å²) >= 11 is 1.15. The van der Waals surface area contributed by atoms with Gasteiger partial charge in [-0.1, -0.05) is 29.5 Å². The lowest BCUT2D eigenvalue weighted by atomic mass is 10.0. The lowest BCUT2D eigenvalue weighted by Gasteiger charge is -2.10. The number of cyclic esters (lactones) is 1. The van der Waals surface area contributed by atoms with Crippen LogP contribution in [-0.4, -0.2) is 27.9 Å². The van der Waals surface area contributed by atoms with Crippen LogP contribution < -0.4 is 5.32 Å². The van der Waals surface area contributed by atoms with Crippen LogP contribution in [0.2, 0.25) is 0 Å². The van der Waals surface area contributed by atoms with Crippen LogP contribution in [0.25, 0.3) is 0 Å². The number of hydrogen-bond acceptors (Lipinski definition) is 5. The summed E-state index contributed by atoms with van der Waals surface area (Å²) in [5.41, 5.74) is 1.89. The predicted octanol–water partition coefficient (Wildman–Crippen LogP) is 1.92. The molecule has 5 nitrogen and oxygen atoms in total. The second-order valence-electron chi connectivity index (χ2n) is 5.06. The number of amides is 1. The molecule has 0 aromatic heterocycles. The fraction of sp³-hybridized carbons (Fsp3) is 0.357. The highest BCUT2D eigenvalue weighted by Gasteiger charge is 2.59. The molecule has 1 spiro atoms. The number of carbonyl (C=O) groups is 2. The Morgan fingerprint density at radius 1 is 1.35 bits per heavy atom. The lowest BCUT2D eigenvalue weighted by Crippen LogP contribution is -2.40. The summed E-state index contributed by atoms with van der Waals surface area (Å²) < 4.78 is 3.96. The quantitative estimate of drug-likeness (QED) is 0.634. The number of carbonyl (C=O) groups excluding carboxylic acids is 2. The molecule has 6 heteroatoms. The van der Waals surface area contributed by atoms with E-state index in [2.05, 4.69) is 10.3 Å². The molecule has 2 aliphatic rings. The molecule has 0 saturated carbocycles. The molecule has 0 radical (unpaired) electrons. The zero-order chi connectivity index (χ0) is 14.3. The largest absolute Gasteiger partial charge is 0.461 e. The summed E-state index contributed by atoms with van der Waals surface area (Å²) in [4.78, 5) is 28.4. The van der Waals surface area contributed by atoms with E-state index in [0.29, 0.717) is 11.6 Å². The fourth-order valence-corrected chi connectivity index (χ4v) is 3.52. The van der Waals surface area contributed by atoms with E-state index in [0.717, 1.165) is 23.0 Å². The van der Waals surface area contributed by atoms with E-state index >= 15 is 0 Å². The summed E-state index contributed by atoms with van der Waals surface area (Å²) in [7, 11) is 0. The number of aryl methyl sites for hydroxylation is 1. The molecule has 1 aromatic carbocycles. The highest BCUT2D eigenvalue weighted by molar-refractivity contribution is 8.17. The van der Waals surface area contributed by atoms with Crippen molar-refractivity contribution in [1.29, 1.82) is 0 Å². The lowest BCUT2D eigenvalue weighted by molar-refractivity contribution is -0.144. The standard InChI is InChI=1S/C14H14N2O3S/c1-8-3-5-10(6-4-8)15-13-16-11(17)14(20-13)7-9(2)19-12(14)18/h3-6,9H,7H2,1-2H3,(H,15,16,17). The average molecular weight is 290 g/mol. The van der Waals surface area contributed by atoms with Gasteiger partial charge >= 0.3 is 5.97 Å². The van der Waals surface area contributed by atoms with Gasteiger partial charge in [0.15, 0.2) is 5.17 Å². The van der Waals surface area contributed by atoms with E-state index in [-0.39, 0.29) is 12.0 Å². The minimum atomic E-state index is -1.15. The summed E-state index contributed by atoms with van der Waals surface area (Å²) in [6.07, 6.45) is 0.148. The zero-order valence-corrected chi connectivity index (χ0v) is 12.0.